The van der Waals surface area contributed by atoms with E-state index in [1.54, 1.807) is 0 Å². The van der Waals surface area contributed by atoms with Crippen LogP contribution in [0.4, 0.5) is 0 Å². The average Bonchev–Trinajstić information content (AvgIpc) is 2.63. The fourth-order valence-electron chi connectivity index (χ4n) is 1.90. The van der Waals surface area contributed by atoms with Gasteiger partial charge in [-0.1, -0.05) is 18.2 Å². The molecular weight excluding hydrogens is 233 g/mol. The number of aryl methyl sites for hydroxylation is 1. The fraction of sp³-hybridized carbons (Fsp3) is 0.333. The normalized spacial score (nSPS) is 19.1. The van der Waals surface area contributed by atoms with Crippen molar-refractivity contribution in [1.29, 1.82) is 0 Å². The molecular formula is C12H12BNO2S. The average molecular weight is 245 g/mol. The summed E-state index contributed by atoms with van der Waals surface area (Å²) in [6.45, 7) is 1.82. The summed E-state index contributed by atoms with van der Waals surface area (Å²) in [6, 6.07) is 0. The number of carboxylic acid groups (broad SMARTS) is 1. The van der Waals surface area contributed by atoms with Gasteiger partial charge in [0, 0.05) is 0 Å². The molecule has 1 aromatic rings. The molecule has 3 nitrogen and oxygen atoms in total. The van der Waals surface area contributed by atoms with Crippen LogP contribution in [-0.4, -0.2) is 23.9 Å². The Morgan fingerprint density at radius 1 is 1.71 bits per heavy atom. The van der Waals surface area contributed by atoms with Gasteiger partial charge in [0.15, 0.2) is 0 Å². The molecule has 1 aliphatic carbocycles. The van der Waals surface area contributed by atoms with Crippen LogP contribution < -0.4 is 0 Å². The van der Waals surface area contributed by atoms with Gasteiger partial charge in [-0.3, -0.25) is 0 Å². The van der Waals surface area contributed by atoms with Gasteiger partial charge in [0.2, 0.25) is 0 Å². The highest BCUT2D eigenvalue weighted by Crippen LogP contribution is 2.26. The SMILES string of the molecule is [B]C1=CC=CCC1Cc1nc(C)sc1C(=O)O. The van der Waals surface area contributed by atoms with E-state index in [0.717, 1.165) is 16.9 Å². The van der Waals surface area contributed by atoms with E-state index >= 15 is 0 Å². The second-order valence-corrected chi connectivity index (χ2v) is 5.25. The van der Waals surface area contributed by atoms with Crippen molar-refractivity contribution in [3.05, 3.63) is 39.3 Å². The van der Waals surface area contributed by atoms with E-state index in [1.165, 1.54) is 11.3 Å². The minimum absolute atomic E-state index is 0.166. The number of thiazole rings is 1. The molecule has 1 atom stereocenters. The zero-order chi connectivity index (χ0) is 12.4. The monoisotopic (exact) mass is 245 g/mol. The van der Waals surface area contributed by atoms with E-state index in [4.69, 9.17) is 13.0 Å². The second-order valence-electron chi connectivity index (χ2n) is 4.05. The van der Waals surface area contributed by atoms with Crippen LogP contribution >= 0.6 is 11.3 Å². The highest BCUT2D eigenvalue weighted by atomic mass is 32.1. The first-order chi connectivity index (χ1) is 8.08. The molecule has 1 heterocycles. The minimum atomic E-state index is -0.903. The predicted molar refractivity (Wildman–Crippen MR) is 68.6 cm³/mol. The van der Waals surface area contributed by atoms with Crippen molar-refractivity contribution in [3.8, 4) is 0 Å². The lowest BCUT2D eigenvalue weighted by Crippen LogP contribution is -2.12. The number of hydrogen-bond acceptors (Lipinski definition) is 3. The molecule has 1 N–H and O–H groups in total. The van der Waals surface area contributed by atoms with Crippen LogP contribution in [0.2, 0.25) is 0 Å². The topological polar surface area (TPSA) is 50.2 Å². The Bertz CT molecular complexity index is 505. The maximum atomic E-state index is 11.1. The van der Waals surface area contributed by atoms with Crippen molar-refractivity contribution in [1.82, 2.24) is 4.98 Å². The Hall–Kier alpha value is -1.36. The molecule has 1 aliphatic rings. The van der Waals surface area contributed by atoms with E-state index in [1.807, 2.05) is 25.2 Å². The van der Waals surface area contributed by atoms with Crippen LogP contribution in [0, 0.1) is 12.8 Å². The van der Waals surface area contributed by atoms with Gasteiger partial charge in [0.05, 0.1) is 10.7 Å². The molecule has 17 heavy (non-hydrogen) atoms. The summed E-state index contributed by atoms with van der Waals surface area (Å²) in [5.41, 5.74) is 1.45. The third-order valence-corrected chi connectivity index (χ3v) is 3.76. The van der Waals surface area contributed by atoms with Crippen molar-refractivity contribution in [3.63, 3.8) is 0 Å². The highest BCUT2D eigenvalue weighted by Gasteiger charge is 2.20. The number of aromatic carboxylic acids is 1. The van der Waals surface area contributed by atoms with E-state index in [2.05, 4.69) is 4.98 Å². The smallest absolute Gasteiger partial charge is 0.347 e. The Labute approximate surface area is 105 Å². The first kappa shape index (κ1) is 12.1. The van der Waals surface area contributed by atoms with E-state index in [-0.39, 0.29) is 5.92 Å². The van der Waals surface area contributed by atoms with E-state index in [0.29, 0.717) is 17.0 Å². The lowest BCUT2D eigenvalue weighted by atomic mass is 9.77. The summed E-state index contributed by atoms with van der Waals surface area (Å²) in [4.78, 5) is 15.7. The molecule has 0 aromatic carbocycles. The van der Waals surface area contributed by atoms with E-state index in [9.17, 15) is 4.79 Å². The third-order valence-electron chi connectivity index (χ3n) is 2.76. The van der Waals surface area contributed by atoms with Gasteiger partial charge < -0.3 is 5.11 Å². The second kappa shape index (κ2) is 4.88. The van der Waals surface area contributed by atoms with Crippen LogP contribution in [0.5, 0.6) is 0 Å². The molecule has 5 heteroatoms. The first-order valence-electron chi connectivity index (χ1n) is 5.39. The summed E-state index contributed by atoms with van der Waals surface area (Å²) in [5.74, 6) is -0.737. The van der Waals surface area contributed by atoms with Gasteiger partial charge in [0.1, 0.15) is 12.7 Å². The number of carboxylic acids is 1. The molecule has 0 aliphatic heterocycles. The van der Waals surface area contributed by atoms with Crippen molar-refractivity contribution in [2.75, 3.05) is 0 Å². The summed E-state index contributed by atoms with van der Waals surface area (Å²) >= 11 is 1.22. The number of carbonyl (C=O) groups is 1. The van der Waals surface area contributed by atoms with Crippen LogP contribution in [0.3, 0.4) is 0 Å². The Morgan fingerprint density at radius 2 is 2.47 bits per heavy atom. The number of aromatic nitrogens is 1. The van der Waals surface area contributed by atoms with Crippen LogP contribution in [0.25, 0.3) is 0 Å². The van der Waals surface area contributed by atoms with Gasteiger partial charge in [0.25, 0.3) is 0 Å². The van der Waals surface area contributed by atoms with Crippen LogP contribution in [0.15, 0.2) is 23.7 Å². The van der Waals surface area contributed by atoms with Gasteiger partial charge in [-0.2, -0.15) is 0 Å². The zero-order valence-corrected chi connectivity index (χ0v) is 10.3. The summed E-state index contributed by atoms with van der Waals surface area (Å²) in [6.07, 6.45) is 7.28. The molecule has 1 unspecified atom stereocenters. The molecule has 0 fully saturated rings. The molecule has 2 radical (unpaired) electrons. The summed E-state index contributed by atoms with van der Waals surface area (Å²) in [5, 5.41) is 9.87. The number of allylic oxidation sites excluding steroid dienone is 4. The summed E-state index contributed by atoms with van der Waals surface area (Å²) < 4.78 is 0. The van der Waals surface area contributed by atoms with Gasteiger partial charge in [-0.05, 0) is 25.7 Å². The molecule has 0 saturated carbocycles. The Morgan fingerprint density at radius 3 is 3.12 bits per heavy atom. The predicted octanol–water partition coefficient (Wildman–Crippen LogP) is 2.32. The standard InChI is InChI=1S/C12H12BNO2S/c1-7-14-10(11(17-7)12(15)16)6-8-4-2-3-5-9(8)13/h2-3,5,8H,4,6H2,1H3,(H,15,16). The number of hydrogen-bond donors (Lipinski definition) is 1. The highest BCUT2D eigenvalue weighted by molar-refractivity contribution is 7.13. The lowest BCUT2D eigenvalue weighted by molar-refractivity contribution is 0.0700. The third kappa shape index (κ3) is 2.66. The van der Waals surface area contributed by atoms with E-state index < -0.39 is 5.97 Å². The fourth-order valence-corrected chi connectivity index (χ4v) is 2.69. The molecule has 1 aromatic heterocycles. The van der Waals surface area contributed by atoms with Gasteiger partial charge >= 0.3 is 5.97 Å². The molecule has 86 valence electrons. The molecule has 0 bridgehead atoms. The van der Waals surface area contributed by atoms with Crippen LogP contribution in [0.1, 0.15) is 26.8 Å². The van der Waals surface area contributed by atoms with Crippen molar-refractivity contribution in [2.24, 2.45) is 5.92 Å². The zero-order valence-electron chi connectivity index (χ0n) is 9.51. The first-order valence-corrected chi connectivity index (χ1v) is 6.21. The quantitative estimate of drug-likeness (QED) is 0.831. The molecule has 0 spiro atoms. The van der Waals surface area contributed by atoms with Crippen molar-refractivity contribution < 1.29 is 9.90 Å². The Balaban J connectivity index is 2.21. The van der Waals surface area contributed by atoms with Crippen LogP contribution in [-0.2, 0) is 6.42 Å². The lowest BCUT2D eigenvalue weighted by Gasteiger charge is -2.18. The number of nitrogens with zero attached hydrogens (tertiary/aromatic N) is 1. The minimum Gasteiger partial charge on any atom is -0.477 e. The molecule has 0 saturated heterocycles. The maximum Gasteiger partial charge on any atom is 0.347 e. The van der Waals surface area contributed by atoms with Crippen molar-refractivity contribution in [2.45, 2.75) is 19.8 Å². The number of rotatable bonds is 3. The van der Waals surface area contributed by atoms with Gasteiger partial charge in [-0.15, -0.1) is 16.8 Å². The maximum absolute atomic E-state index is 11.1. The Kier molecular flexibility index (Phi) is 3.47. The molecule has 2 rings (SSSR count). The largest absolute Gasteiger partial charge is 0.477 e. The van der Waals surface area contributed by atoms with Gasteiger partial charge in [-0.25, -0.2) is 9.78 Å². The van der Waals surface area contributed by atoms with Crippen molar-refractivity contribution >= 4 is 25.2 Å². The summed E-state index contributed by atoms with van der Waals surface area (Å²) in [7, 11) is 5.90. The molecule has 0 amide bonds.